The number of thiophene rings is 1. The van der Waals surface area contributed by atoms with Crippen LogP contribution in [0.1, 0.15) is 69.5 Å². The lowest BCUT2D eigenvalue weighted by molar-refractivity contribution is -0.132. The minimum Gasteiger partial charge on any atom is -0.478 e. The molecule has 2 heterocycles. The summed E-state index contributed by atoms with van der Waals surface area (Å²) in [6, 6.07) is 10.8. The van der Waals surface area contributed by atoms with Crippen LogP contribution in [0.5, 0.6) is 0 Å². The molecule has 3 aromatic rings. The topological polar surface area (TPSA) is 86.7 Å². The average molecular weight is 527 g/mol. The van der Waals surface area contributed by atoms with Crippen molar-refractivity contribution in [2.45, 2.75) is 52.0 Å². The van der Waals surface area contributed by atoms with Crippen molar-refractivity contribution < 1.29 is 28.3 Å². The van der Waals surface area contributed by atoms with Gasteiger partial charge in [0.1, 0.15) is 5.00 Å². The van der Waals surface area contributed by atoms with Crippen LogP contribution in [-0.2, 0) is 29.6 Å². The average Bonchev–Trinajstić information content (AvgIpc) is 3.21. The minimum absolute atomic E-state index is 0.0587. The largest absolute Gasteiger partial charge is 0.478 e. The Kier molecular flexibility index (Phi) is 7.45. The predicted octanol–water partition coefficient (Wildman–Crippen LogP) is 5.79. The Bertz CT molecular complexity index is 1360. The fourth-order valence-corrected chi connectivity index (χ4v) is 5.58. The van der Waals surface area contributed by atoms with Crippen molar-refractivity contribution in [3.8, 4) is 0 Å². The third-order valence-electron chi connectivity index (χ3n) is 6.48. The number of carbonyl (C=O) groups excluding carboxylic acids is 2. The first-order chi connectivity index (χ1) is 17.4. The number of aromatic carboxylic acids is 1. The van der Waals surface area contributed by atoms with Crippen molar-refractivity contribution in [2.24, 2.45) is 0 Å². The van der Waals surface area contributed by atoms with Crippen molar-refractivity contribution in [3.63, 3.8) is 0 Å². The monoisotopic (exact) mass is 526 g/mol. The number of hydrogen-bond acceptors (Lipinski definition) is 4. The first-order valence-corrected chi connectivity index (χ1v) is 12.8. The first kappa shape index (κ1) is 26.5. The quantitative estimate of drug-likeness (QED) is 0.426. The van der Waals surface area contributed by atoms with Gasteiger partial charge >= 0.3 is 5.97 Å². The Morgan fingerprint density at radius 2 is 1.76 bits per heavy atom. The molecular formula is C28H28F2N2O4S. The summed E-state index contributed by atoms with van der Waals surface area (Å²) in [5.41, 5.74) is 2.65. The van der Waals surface area contributed by atoms with E-state index in [9.17, 15) is 28.3 Å². The summed E-state index contributed by atoms with van der Waals surface area (Å²) in [5.74, 6) is -3.58. The maximum atomic E-state index is 13.4. The molecule has 0 atom stereocenters. The molecule has 0 bridgehead atoms. The number of aryl methyl sites for hydroxylation is 1. The lowest BCUT2D eigenvalue weighted by Crippen LogP contribution is -2.35. The van der Waals surface area contributed by atoms with Gasteiger partial charge < -0.3 is 15.3 Å². The number of carboxylic acid groups (broad SMARTS) is 1. The van der Waals surface area contributed by atoms with Gasteiger partial charge in [-0.2, -0.15) is 0 Å². The lowest BCUT2D eigenvalue weighted by Gasteiger charge is -2.27. The van der Waals surface area contributed by atoms with Gasteiger partial charge in [-0.15, -0.1) is 11.3 Å². The van der Waals surface area contributed by atoms with Crippen molar-refractivity contribution in [1.82, 2.24) is 4.90 Å². The highest BCUT2D eigenvalue weighted by Gasteiger charge is 2.30. The Balaban J connectivity index is 1.46. The Morgan fingerprint density at radius 3 is 2.38 bits per heavy atom. The van der Waals surface area contributed by atoms with Gasteiger partial charge in [-0.05, 0) is 59.2 Å². The third kappa shape index (κ3) is 5.88. The van der Waals surface area contributed by atoms with E-state index in [0.29, 0.717) is 34.5 Å². The molecule has 0 unspecified atom stereocenters. The molecule has 0 aliphatic carbocycles. The number of carbonyl (C=O) groups is 3. The molecule has 9 heteroatoms. The van der Waals surface area contributed by atoms with Crippen LogP contribution >= 0.6 is 11.3 Å². The highest BCUT2D eigenvalue weighted by Crippen LogP contribution is 2.37. The Labute approximate surface area is 217 Å². The fraction of sp³-hybridized carbons (Fsp3) is 0.321. The van der Waals surface area contributed by atoms with Crippen molar-refractivity contribution in [2.75, 3.05) is 11.9 Å². The lowest BCUT2D eigenvalue weighted by atomic mass is 9.87. The second-order valence-corrected chi connectivity index (χ2v) is 11.2. The summed E-state index contributed by atoms with van der Waals surface area (Å²) < 4.78 is 26.6. The zero-order valence-electron chi connectivity index (χ0n) is 20.9. The predicted molar refractivity (Wildman–Crippen MR) is 138 cm³/mol. The summed E-state index contributed by atoms with van der Waals surface area (Å²) >= 11 is 1.16. The molecule has 0 spiro atoms. The molecule has 37 heavy (non-hydrogen) atoms. The number of fused-ring (bicyclic) bond motifs is 1. The number of benzene rings is 2. The molecule has 0 radical (unpaired) electrons. The summed E-state index contributed by atoms with van der Waals surface area (Å²) in [5, 5.41) is 12.9. The van der Waals surface area contributed by atoms with Gasteiger partial charge in [0, 0.05) is 23.4 Å². The van der Waals surface area contributed by atoms with Crippen LogP contribution in [0.15, 0.2) is 42.5 Å². The molecular weight excluding hydrogens is 498 g/mol. The number of anilines is 1. The summed E-state index contributed by atoms with van der Waals surface area (Å²) in [4.78, 5) is 40.1. The van der Waals surface area contributed by atoms with Gasteiger partial charge in [0.2, 0.25) is 5.91 Å². The zero-order chi connectivity index (χ0) is 26.9. The van der Waals surface area contributed by atoms with Crippen molar-refractivity contribution >= 4 is 34.1 Å². The third-order valence-corrected chi connectivity index (χ3v) is 7.61. The smallest absolute Gasteiger partial charge is 0.339 e. The molecule has 0 saturated carbocycles. The molecule has 4 rings (SSSR count). The maximum absolute atomic E-state index is 13.4. The number of nitrogens with one attached hydrogen (secondary N) is 1. The van der Waals surface area contributed by atoms with Crippen LogP contribution in [0.25, 0.3) is 0 Å². The highest BCUT2D eigenvalue weighted by atomic mass is 32.1. The van der Waals surface area contributed by atoms with Crippen LogP contribution in [0, 0.1) is 11.6 Å². The summed E-state index contributed by atoms with van der Waals surface area (Å²) in [6.45, 7) is 6.80. The molecule has 6 nitrogen and oxygen atoms in total. The van der Waals surface area contributed by atoms with E-state index in [1.165, 1.54) is 6.07 Å². The molecule has 1 aliphatic heterocycles. The van der Waals surface area contributed by atoms with E-state index in [1.54, 1.807) is 17.0 Å². The van der Waals surface area contributed by atoms with E-state index >= 15 is 0 Å². The van der Waals surface area contributed by atoms with Crippen molar-refractivity contribution in [3.05, 3.63) is 86.8 Å². The van der Waals surface area contributed by atoms with Gasteiger partial charge in [-0.1, -0.05) is 39.0 Å². The van der Waals surface area contributed by atoms with E-state index in [0.717, 1.165) is 29.0 Å². The van der Waals surface area contributed by atoms with E-state index in [1.807, 2.05) is 12.1 Å². The maximum Gasteiger partial charge on any atom is 0.339 e. The molecule has 2 aromatic carbocycles. The number of rotatable bonds is 6. The molecule has 0 fully saturated rings. The fourth-order valence-electron chi connectivity index (χ4n) is 4.33. The molecule has 1 aliphatic rings. The van der Waals surface area contributed by atoms with Crippen LogP contribution in [0.4, 0.5) is 13.8 Å². The van der Waals surface area contributed by atoms with Crippen LogP contribution in [0.3, 0.4) is 0 Å². The van der Waals surface area contributed by atoms with E-state index in [4.69, 9.17) is 0 Å². The normalized spacial score (nSPS) is 13.3. The van der Waals surface area contributed by atoms with Crippen LogP contribution in [0.2, 0.25) is 0 Å². The molecule has 1 aromatic heterocycles. The Hall–Kier alpha value is -3.59. The number of carboxylic acids is 1. The number of hydrogen-bond donors (Lipinski definition) is 2. The zero-order valence-corrected chi connectivity index (χ0v) is 21.7. The van der Waals surface area contributed by atoms with Gasteiger partial charge in [0.25, 0.3) is 5.91 Å². The first-order valence-electron chi connectivity index (χ1n) is 12.0. The number of nitrogens with zero attached hydrogens (tertiary/aromatic N) is 1. The van der Waals surface area contributed by atoms with E-state index in [2.05, 4.69) is 26.1 Å². The molecule has 2 N–H and O–H groups in total. The molecule has 194 valence electrons. The number of amides is 2. The SMILES string of the molecule is CC(C)(C)c1ccc(C(=O)Nc2sc3c(c2C(=O)O)CCN(C(=O)CCc2ccc(F)c(F)c2)C3)cc1. The Morgan fingerprint density at radius 1 is 1.05 bits per heavy atom. The van der Waals surface area contributed by atoms with Gasteiger partial charge in [-0.3, -0.25) is 9.59 Å². The van der Waals surface area contributed by atoms with E-state index < -0.39 is 23.5 Å². The second-order valence-electron chi connectivity index (χ2n) is 10.1. The van der Waals surface area contributed by atoms with Crippen LogP contribution in [-0.4, -0.2) is 34.3 Å². The summed E-state index contributed by atoms with van der Waals surface area (Å²) in [7, 11) is 0. The second kappa shape index (κ2) is 10.4. The molecule has 2 amide bonds. The summed E-state index contributed by atoms with van der Waals surface area (Å²) in [6.07, 6.45) is 0.728. The van der Waals surface area contributed by atoms with Crippen molar-refractivity contribution in [1.29, 1.82) is 0 Å². The minimum atomic E-state index is -1.13. The number of halogens is 2. The van der Waals surface area contributed by atoms with Gasteiger partial charge in [-0.25, -0.2) is 13.6 Å². The van der Waals surface area contributed by atoms with Gasteiger partial charge in [0.05, 0.1) is 12.1 Å². The standard InChI is InChI=1S/C28H28F2N2O4S/c1-28(2,3)18-8-6-17(7-9-18)25(34)31-26-24(27(35)36)19-12-13-32(15-22(19)37-26)23(33)11-5-16-4-10-20(29)21(30)14-16/h4,6-10,14H,5,11-13,15H2,1-3H3,(H,31,34)(H,35,36). The van der Waals surface area contributed by atoms with Gasteiger partial charge in [0.15, 0.2) is 11.6 Å². The highest BCUT2D eigenvalue weighted by molar-refractivity contribution is 7.17. The van der Waals surface area contributed by atoms with E-state index in [-0.39, 0.29) is 41.3 Å². The molecule has 0 saturated heterocycles. The van der Waals surface area contributed by atoms with Crippen LogP contribution < -0.4 is 5.32 Å².